The summed E-state index contributed by atoms with van der Waals surface area (Å²) in [4.78, 5) is 0. The van der Waals surface area contributed by atoms with E-state index in [1.165, 1.54) is 6.07 Å². The Labute approximate surface area is 88.1 Å². The molecule has 1 aromatic carbocycles. The SMILES string of the molecule is Cc1cc(C(N)C(C)O)c(O)cc1Cl. The van der Waals surface area contributed by atoms with Crippen molar-refractivity contribution < 1.29 is 10.2 Å². The van der Waals surface area contributed by atoms with Crippen LogP contribution in [0, 0.1) is 6.92 Å². The Morgan fingerprint density at radius 3 is 2.50 bits per heavy atom. The fourth-order valence-corrected chi connectivity index (χ4v) is 1.38. The van der Waals surface area contributed by atoms with Gasteiger partial charge in [-0.1, -0.05) is 11.6 Å². The quantitative estimate of drug-likeness (QED) is 0.704. The summed E-state index contributed by atoms with van der Waals surface area (Å²) in [5.74, 6) is 0.0222. The van der Waals surface area contributed by atoms with Gasteiger partial charge in [-0.15, -0.1) is 0 Å². The van der Waals surface area contributed by atoms with Crippen molar-refractivity contribution in [1.82, 2.24) is 0 Å². The zero-order chi connectivity index (χ0) is 10.9. The van der Waals surface area contributed by atoms with Gasteiger partial charge in [-0.05, 0) is 31.5 Å². The molecule has 0 spiro atoms. The lowest BCUT2D eigenvalue weighted by Gasteiger charge is -2.17. The first kappa shape index (κ1) is 11.3. The molecule has 78 valence electrons. The number of aliphatic hydroxyl groups is 1. The van der Waals surface area contributed by atoms with Gasteiger partial charge in [0, 0.05) is 10.6 Å². The predicted octanol–water partition coefficient (Wildman–Crippen LogP) is 1.73. The molecule has 0 bridgehead atoms. The number of halogens is 1. The standard InChI is InChI=1S/C10H14ClNO2/c1-5-3-7(10(12)6(2)13)9(14)4-8(5)11/h3-4,6,10,13-14H,12H2,1-2H3. The van der Waals surface area contributed by atoms with Gasteiger partial charge in [0.2, 0.25) is 0 Å². The number of phenols is 1. The van der Waals surface area contributed by atoms with Gasteiger partial charge in [0.15, 0.2) is 0 Å². The van der Waals surface area contributed by atoms with Crippen LogP contribution in [0.4, 0.5) is 0 Å². The van der Waals surface area contributed by atoms with Gasteiger partial charge in [0.05, 0.1) is 12.1 Å². The van der Waals surface area contributed by atoms with E-state index in [1.807, 2.05) is 6.92 Å². The summed E-state index contributed by atoms with van der Waals surface area (Å²) >= 11 is 5.81. The summed E-state index contributed by atoms with van der Waals surface area (Å²) < 4.78 is 0. The molecule has 0 saturated carbocycles. The molecule has 4 heteroatoms. The van der Waals surface area contributed by atoms with Gasteiger partial charge >= 0.3 is 0 Å². The van der Waals surface area contributed by atoms with Crippen LogP contribution in [0.25, 0.3) is 0 Å². The summed E-state index contributed by atoms with van der Waals surface area (Å²) in [6.45, 7) is 3.40. The molecule has 0 aliphatic carbocycles. The normalized spacial score (nSPS) is 15.2. The smallest absolute Gasteiger partial charge is 0.121 e. The highest BCUT2D eigenvalue weighted by Crippen LogP contribution is 2.30. The molecule has 0 saturated heterocycles. The van der Waals surface area contributed by atoms with Crippen molar-refractivity contribution in [2.75, 3.05) is 0 Å². The van der Waals surface area contributed by atoms with Crippen LogP contribution in [0.1, 0.15) is 24.1 Å². The Kier molecular flexibility index (Phi) is 3.37. The molecule has 0 heterocycles. The highest BCUT2D eigenvalue weighted by atomic mass is 35.5. The summed E-state index contributed by atoms with van der Waals surface area (Å²) in [6, 6.07) is 2.54. The Morgan fingerprint density at radius 1 is 1.43 bits per heavy atom. The van der Waals surface area contributed by atoms with E-state index in [4.69, 9.17) is 17.3 Å². The minimum atomic E-state index is -0.707. The Morgan fingerprint density at radius 2 is 2.00 bits per heavy atom. The summed E-state index contributed by atoms with van der Waals surface area (Å²) in [7, 11) is 0. The molecule has 1 rings (SSSR count). The van der Waals surface area contributed by atoms with Crippen LogP contribution < -0.4 is 5.73 Å². The van der Waals surface area contributed by atoms with E-state index in [2.05, 4.69) is 0 Å². The van der Waals surface area contributed by atoms with Gasteiger partial charge in [0.25, 0.3) is 0 Å². The third-order valence-electron chi connectivity index (χ3n) is 2.19. The second kappa shape index (κ2) is 4.17. The number of aliphatic hydroxyl groups excluding tert-OH is 1. The minimum absolute atomic E-state index is 0.0222. The van der Waals surface area contributed by atoms with E-state index in [9.17, 15) is 10.2 Å². The third kappa shape index (κ3) is 2.18. The molecule has 2 unspecified atom stereocenters. The van der Waals surface area contributed by atoms with E-state index in [0.29, 0.717) is 10.6 Å². The molecule has 0 aliphatic rings. The van der Waals surface area contributed by atoms with E-state index in [1.54, 1.807) is 13.0 Å². The average molecular weight is 216 g/mol. The number of rotatable bonds is 2. The predicted molar refractivity (Wildman–Crippen MR) is 56.5 cm³/mol. The summed E-state index contributed by atoms with van der Waals surface area (Å²) in [5, 5.41) is 19.3. The van der Waals surface area contributed by atoms with Crippen LogP contribution in [-0.2, 0) is 0 Å². The van der Waals surface area contributed by atoms with Crippen molar-refractivity contribution in [3.63, 3.8) is 0 Å². The number of hydrogen-bond acceptors (Lipinski definition) is 3. The van der Waals surface area contributed by atoms with E-state index >= 15 is 0 Å². The summed E-state index contributed by atoms with van der Waals surface area (Å²) in [6.07, 6.45) is -0.707. The van der Waals surface area contributed by atoms with Gasteiger partial charge < -0.3 is 15.9 Å². The molecule has 0 fully saturated rings. The number of benzene rings is 1. The van der Waals surface area contributed by atoms with Crippen molar-refractivity contribution in [3.05, 3.63) is 28.3 Å². The van der Waals surface area contributed by atoms with Crippen LogP contribution >= 0.6 is 11.6 Å². The Hall–Kier alpha value is -0.770. The van der Waals surface area contributed by atoms with Crippen LogP contribution in [0.2, 0.25) is 5.02 Å². The van der Waals surface area contributed by atoms with Crippen LogP contribution in [0.15, 0.2) is 12.1 Å². The lowest BCUT2D eigenvalue weighted by molar-refractivity contribution is 0.163. The van der Waals surface area contributed by atoms with E-state index in [-0.39, 0.29) is 5.75 Å². The van der Waals surface area contributed by atoms with E-state index in [0.717, 1.165) is 5.56 Å². The molecule has 3 nitrogen and oxygen atoms in total. The van der Waals surface area contributed by atoms with Gasteiger partial charge in [-0.25, -0.2) is 0 Å². The number of aromatic hydroxyl groups is 1. The number of nitrogens with two attached hydrogens (primary N) is 1. The molecule has 2 atom stereocenters. The molecule has 0 aliphatic heterocycles. The zero-order valence-corrected chi connectivity index (χ0v) is 8.92. The van der Waals surface area contributed by atoms with Crippen molar-refractivity contribution in [2.24, 2.45) is 5.73 Å². The van der Waals surface area contributed by atoms with Gasteiger partial charge in [-0.3, -0.25) is 0 Å². The fraction of sp³-hybridized carbons (Fsp3) is 0.400. The van der Waals surface area contributed by atoms with Crippen LogP contribution in [0.5, 0.6) is 5.75 Å². The van der Waals surface area contributed by atoms with Crippen molar-refractivity contribution in [1.29, 1.82) is 0 Å². The maximum absolute atomic E-state index is 9.56. The molecular weight excluding hydrogens is 202 g/mol. The molecule has 14 heavy (non-hydrogen) atoms. The van der Waals surface area contributed by atoms with Crippen LogP contribution in [0.3, 0.4) is 0 Å². The average Bonchev–Trinajstić information content (AvgIpc) is 2.10. The fourth-order valence-electron chi connectivity index (χ4n) is 1.22. The first-order valence-corrected chi connectivity index (χ1v) is 4.74. The molecular formula is C10H14ClNO2. The molecule has 1 aromatic rings. The lowest BCUT2D eigenvalue weighted by atomic mass is 10.0. The van der Waals surface area contributed by atoms with E-state index < -0.39 is 12.1 Å². The topological polar surface area (TPSA) is 66.5 Å². The van der Waals surface area contributed by atoms with Crippen molar-refractivity contribution in [3.8, 4) is 5.75 Å². The number of aryl methyl sites for hydroxylation is 1. The zero-order valence-electron chi connectivity index (χ0n) is 8.16. The maximum atomic E-state index is 9.56. The number of hydrogen-bond donors (Lipinski definition) is 3. The molecule has 0 aromatic heterocycles. The maximum Gasteiger partial charge on any atom is 0.121 e. The Bertz CT molecular complexity index is 339. The molecule has 0 radical (unpaired) electrons. The largest absolute Gasteiger partial charge is 0.508 e. The monoisotopic (exact) mass is 215 g/mol. The molecule has 4 N–H and O–H groups in total. The first-order valence-electron chi connectivity index (χ1n) is 4.36. The second-order valence-corrected chi connectivity index (χ2v) is 3.83. The molecule has 0 amide bonds. The van der Waals surface area contributed by atoms with Gasteiger partial charge in [-0.2, -0.15) is 0 Å². The highest BCUT2D eigenvalue weighted by molar-refractivity contribution is 6.31. The number of phenolic OH excluding ortho intramolecular Hbond substituents is 1. The lowest BCUT2D eigenvalue weighted by Crippen LogP contribution is -2.23. The van der Waals surface area contributed by atoms with Gasteiger partial charge in [0.1, 0.15) is 5.75 Å². The first-order chi connectivity index (χ1) is 6.43. The highest BCUT2D eigenvalue weighted by Gasteiger charge is 2.16. The van der Waals surface area contributed by atoms with Crippen LogP contribution in [-0.4, -0.2) is 16.3 Å². The summed E-state index contributed by atoms with van der Waals surface area (Å²) in [5.41, 5.74) is 7.05. The van der Waals surface area contributed by atoms with Crippen molar-refractivity contribution in [2.45, 2.75) is 26.0 Å². The Balaban J connectivity index is 3.15. The third-order valence-corrected chi connectivity index (χ3v) is 2.59. The second-order valence-electron chi connectivity index (χ2n) is 3.43. The van der Waals surface area contributed by atoms with Crippen molar-refractivity contribution >= 4 is 11.6 Å². The minimum Gasteiger partial charge on any atom is -0.508 e.